The number of carbonyl (C=O) groups is 1. The molecule has 4 rings (SSSR count). The van der Waals surface area contributed by atoms with Crippen LogP contribution in [0.2, 0.25) is 0 Å². The minimum absolute atomic E-state index is 0.0108. The summed E-state index contributed by atoms with van der Waals surface area (Å²) in [7, 11) is -7.97. The molecule has 0 saturated carbocycles. The first-order valence-corrected chi connectivity index (χ1v) is 16.1. The Hall–Kier alpha value is -4.35. The van der Waals surface area contributed by atoms with Crippen LogP contribution < -0.4 is 19.1 Å². The van der Waals surface area contributed by atoms with Gasteiger partial charge in [-0.1, -0.05) is 23.8 Å². The van der Waals surface area contributed by atoms with Crippen molar-refractivity contribution in [2.45, 2.75) is 37.5 Å². The van der Waals surface area contributed by atoms with Gasteiger partial charge >= 0.3 is 0 Å². The topological polar surface area (TPSA) is 122 Å². The van der Waals surface area contributed by atoms with Gasteiger partial charge in [-0.15, -0.1) is 0 Å². The predicted molar refractivity (Wildman–Crippen MR) is 165 cm³/mol. The Balaban J connectivity index is 1.53. The quantitative estimate of drug-likeness (QED) is 0.227. The molecule has 2 N–H and O–H groups in total. The number of anilines is 3. The average molecular weight is 608 g/mol. The molecule has 0 aromatic heterocycles. The zero-order chi connectivity index (χ0) is 30.5. The van der Waals surface area contributed by atoms with Crippen LogP contribution in [0.3, 0.4) is 0 Å². The first kappa shape index (κ1) is 30.6. The number of rotatable bonds is 11. The van der Waals surface area contributed by atoms with Crippen LogP contribution in [-0.2, 0) is 24.8 Å². The maximum atomic E-state index is 13.6. The molecule has 0 atom stereocenters. The molecule has 0 unspecified atom stereocenters. The molecule has 4 aromatic rings. The van der Waals surface area contributed by atoms with Crippen molar-refractivity contribution in [1.82, 2.24) is 0 Å². The van der Waals surface area contributed by atoms with Crippen molar-refractivity contribution in [2.24, 2.45) is 0 Å². The van der Waals surface area contributed by atoms with Gasteiger partial charge in [0.25, 0.3) is 20.0 Å². The number of aryl methyl sites for hydroxylation is 3. The van der Waals surface area contributed by atoms with Crippen molar-refractivity contribution in [3.05, 3.63) is 108 Å². The summed E-state index contributed by atoms with van der Waals surface area (Å²) < 4.78 is 62.1. The van der Waals surface area contributed by atoms with E-state index >= 15 is 0 Å². The van der Waals surface area contributed by atoms with Gasteiger partial charge in [0, 0.05) is 11.4 Å². The molecule has 0 aliphatic rings. The lowest BCUT2D eigenvalue weighted by Gasteiger charge is -2.24. The van der Waals surface area contributed by atoms with Gasteiger partial charge in [-0.2, -0.15) is 0 Å². The van der Waals surface area contributed by atoms with Crippen molar-refractivity contribution in [2.75, 3.05) is 27.5 Å². The van der Waals surface area contributed by atoms with Gasteiger partial charge in [0.2, 0.25) is 5.91 Å². The van der Waals surface area contributed by atoms with E-state index in [-0.39, 0.29) is 15.5 Å². The van der Waals surface area contributed by atoms with E-state index in [0.29, 0.717) is 23.7 Å². The van der Waals surface area contributed by atoms with Crippen molar-refractivity contribution in [3.63, 3.8) is 0 Å². The number of hydrogen-bond acceptors (Lipinski definition) is 6. The summed E-state index contributed by atoms with van der Waals surface area (Å²) in [6, 6.07) is 23.7. The summed E-state index contributed by atoms with van der Waals surface area (Å²) in [4.78, 5) is 13.2. The Morgan fingerprint density at radius 2 is 1.33 bits per heavy atom. The highest BCUT2D eigenvalue weighted by Crippen LogP contribution is 2.27. The van der Waals surface area contributed by atoms with Crippen molar-refractivity contribution in [3.8, 4) is 5.75 Å². The number of hydrogen-bond donors (Lipinski definition) is 2. The van der Waals surface area contributed by atoms with Gasteiger partial charge in [0.15, 0.2) is 0 Å². The highest BCUT2D eigenvalue weighted by atomic mass is 32.2. The van der Waals surface area contributed by atoms with E-state index in [0.717, 1.165) is 21.0 Å². The molecule has 0 spiro atoms. The highest BCUT2D eigenvalue weighted by Gasteiger charge is 2.27. The summed E-state index contributed by atoms with van der Waals surface area (Å²) in [6.45, 7) is 7.47. The summed E-state index contributed by atoms with van der Waals surface area (Å²) >= 11 is 0. The second-order valence-corrected chi connectivity index (χ2v) is 13.3. The molecule has 0 aliphatic heterocycles. The van der Waals surface area contributed by atoms with E-state index < -0.39 is 32.5 Å². The van der Waals surface area contributed by atoms with Gasteiger partial charge in [-0.05, 0) is 112 Å². The van der Waals surface area contributed by atoms with Crippen molar-refractivity contribution >= 4 is 43.0 Å². The molecule has 4 aromatic carbocycles. The zero-order valence-electron chi connectivity index (χ0n) is 23.8. The lowest BCUT2D eigenvalue weighted by molar-refractivity contribution is -0.114. The molecule has 0 heterocycles. The number of carbonyl (C=O) groups excluding carboxylic acids is 1. The lowest BCUT2D eigenvalue weighted by Crippen LogP contribution is -2.38. The summed E-state index contributed by atoms with van der Waals surface area (Å²) in [5, 5.41) is 2.66. The smallest absolute Gasteiger partial charge is 0.264 e. The lowest BCUT2D eigenvalue weighted by atomic mass is 10.1. The maximum Gasteiger partial charge on any atom is 0.264 e. The van der Waals surface area contributed by atoms with Gasteiger partial charge in [-0.3, -0.25) is 13.8 Å². The first-order chi connectivity index (χ1) is 19.9. The van der Waals surface area contributed by atoms with Crippen molar-refractivity contribution < 1.29 is 26.4 Å². The van der Waals surface area contributed by atoms with Crippen LogP contribution in [0, 0.1) is 20.8 Å². The van der Waals surface area contributed by atoms with Gasteiger partial charge in [0.1, 0.15) is 12.3 Å². The van der Waals surface area contributed by atoms with Crippen LogP contribution in [-0.4, -0.2) is 35.9 Å². The molecule has 11 heteroatoms. The standard InChI is InChI=1S/C31H33N3O6S2/c1-5-40-28-14-12-27(13-15-28)34(42(38,39)30-16-6-22(2)7-17-30)21-31(35)32-25-10-18-29(19-11-25)41(36,37)33-26-9-8-23(3)24(4)20-26/h6-20,33H,5,21H2,1-4H3,(H,32,35). The third-order valence-electron chi connectivity index (χ3n) is 6.54. The second-order valence-electron chi connectivity index (χ2n) is 9.73. The number of benzene rings is 4. The van der Waals surface area contributed by atoms with Crippen LogP contribution in [0.25, 0.3) is 0 Å². The first-order valence-electron chi connectivity index (χ1n) is 13.2. The zero-order valence-corrected chi connectivity index (χ0v) is 25.4. The average Bonchev–Trinajstić information content (AvgIpc) is 2.95. The van der Waals surface area contributed by atoms with E-state index in [1.54, 1.807) is 48.5 Å². The van der Waals surface area contributed by atoms with Crippen LogP contribution in [0.15, 0.2) is 101 Å². The third kappa shape index (κ3) is 7.29. The number of nitrogens with zero attached hydrogens (tertiary/aromatic N) is 1. The van der Waals surface area contributed by atoms with E-state index in [1.165, 1.54) is 36.4 Å². The van der Waals surface area contributed by atoms with Crippen LogP contribution in [0.4, 0.5) is 17.1 Å². The number of ether oxygens (including phenoxy) is 1. The Labute approximate surface area is 247 Å². The van der Waals surface area contributed by atoms with E-state index in [1.807, 2.05) is 33.8 Å². The van der Waals surface area contributed by atoms with Gasteiger partial charge in [0.05, 0.1) is 22.1 Å². The van der Waals surface area contributed by atoms with E-state index in [2.05, 4.69) is 10.0 Å². The predicted octanol–water partition coefficient (Wildman–Crippen LogP) is 5.65. The molecular weight excluding hydrogens is 574 g/mol. The second kappa shape index (κ2) is 12.7. The van der Waals surface area contributed by atoms with Gasteiger partial charge in [-0.25, -0.2) is 16.8 Å². The van der Waals surface area contributed by atoms with Crippen molar-refractivity contribution in [1.29, 1.82) is 0 Å². The molecule has 0 fully saturated rings. The Morgan fingerprint density at radius 3 is 1.93 bits per heavy atom. The molecule has 9 nitrogen and oxygen atoms in total. The number of amides is 1. The van der Waals surface area contributed by atoms with E-state index in [9.17, 15) is 21.6 Å². The Kier molecular flexibility index (Phi) is 9.23. The largest absolute Gasteiger partial charge is 0.494 e. The SMILES string of the molecule is CCOc1ccc(N(CC(=O)Nc2ccc(S(=O)(=O)Nc3ccc(C)c(C)c3)cc2)S(=O)(=O)c2ccc(C)cc2)cc1. The highest BCUT2D eigenvalue weighted by molar-refractivity contribution is 7.93. The molecular formula is C31H33N3O6S2. The summed E-state index contributed by atoms with van der Waals surface area (Å²) in [6.07, 6.45) is 0. The molecule has 0 saturated heterocycles. The molecule has 0 aliphatic carbocycles. The minimum Gasteiger partial charge on any atom is -0.494 e. The molecule has 0 radical (unpaired) electrons. The third-order valence-corrected chi connectivity index (χ3v) is 9.72. The van der Waals surface area contributed by atoms with Gasteiger partial charge < -0.3 is 10.1 Å². The van der Waals surface area contributed by atoms with E-state index in [4.69, 9.17) is 4.74 Å². The number of sulfonamides is 2. The fourth-order valence-electron chi connectivity index (χ4n) is 4.10. The van der Waals surface area contributed by atoms with Crippen LogP contribution >= 0.6 is 0 Å². The fraction of sp³-hybridized carbons (Fsp3) is 0.194. The molecule has 42 heavy (non-hydrogen) atoms. The maximum absolute atomic E-state index is 13.6. The molecule has 1 amide bonds. The molecule has 0 bridgehead atoms. The Morgan fingerprint density at radius 1 is 0.738 bits per heavy atom. The minimum atomic E-state index is -4.10. The van der Waals surface area contributed by atoms with Crippen LogP contribution in [0.1, 0.15) is 23.6 Å². The fourth-order valence-corrected chi connectivity index (χ4v) is 6.57. The summed E-state index contributed by atoms with van der Waals surface area (Å²) in [5.74, 6) is -0.0381. The normalized spacial score (nSPS) is 11.5. The Bertz CT molecular complexity index is 1770. The molecule has 220 valence electrons. The number of nitrogens with one attached hydrogen (secondary N) is 2. The summed E-state index contributed by atoms with van der Waals surface area (Å²) in [5.41, 5.74) is 3.94. The van der Waals surface area contributed by atoms with Crippen LogP contribution in [0.5, 0.6) is 5.75 Å². The monoisotopic (exact) mass is 607 g/mol.